The van der Waals surface area contributed by atoms with Gasteiger partial charge >= 0.3 is 11.9 Å². The van der Waals surface area contributed by atoms with Crippen molar-refractivity contribution in [2.75, 3.05) is 21.3 Å². The minimum Gasteiger partial charge on any atom is -0.493 e. The van der Waals surface area contributed by atoms with Gasteiger partial charge in [-0.15, -0.1) is 0 Å². The van der Waals surface area contributed by atoms with Gasteiger partial charge in [-0.1, -0.05) is 12.1 Å². The zero-order chi connectivity index (χ0) is 18.7. The highest BCUT2D eigenvalue weighted by Crippen LogP contribution is 2.45. The highest BCUT2D eigenvalue weighted by atomic mass is 16.5. The number of carbonyl (C=O) groups excluding carboxylic acids is 1. The van der Waals surface area contributed by atoms with Gasteiger partial charge in [0, 0.05) is 22.9 Å². The van der Waals surface area contributed by atoms with Crippen molar-refractivity contribution in [2.24, 2.45) is 10.9 Å². The van der Waals surface area contributed by atoms with Crippen molar-refractivity contribution in [3.63, 3.8) is 0 Å². The van der Waals surface area contributed by atoms with Crippen molar-refractivity contribution in [2.45, 2.75) is 19.8 Å². The smallest absolute Gasteiger partial charge is 0.336 e. The number of carboxylic acids is 1. The molecular formula is C18H21NO6. The van der Waals surface area contributed by atoms with Crippen LogP contribution in [-0.4, -0.2) is 44.1 Å². The molecule has 0 saturated carbocycles. The predicted octanol–water partition coefficient (Wildman–Crippen LogP) is 2.41. The number of nitrogens with zero attached hydrogens (tertiary/aromatic N) is 1. The van der Waals surface area contributed by atoms with Crippen LogP contribution in [0.4, 0.5) is 0 Å². The summed E-state index contributed by atoms with van der Waals surface area (Å²) >= 11 is 0. The molecule has 1 aliphatic rings. The summed E-state index contributed by atoms with van der Waals surface area (Å²) in [6.45, 7) is 3.30. The summed E-state index contributed by atoms with van der Waals surface area (Å²) < 4.78 is 15.6. The molecule has 0 radical (unpaired) electrons. The third-order valence-electron chi connectivity index (χ3n) is 4.27. The maximum absolute atomic E-state index is 12.4. The van der Waals surface area contributed by atoms with Gasteiger partial charge in [-0.05, 0) is 19.9 Å². The van der Waals surface area contributed by atoms with Gasteiger partial charge < -0.3 is 19.3 Å². The van der Waals surface area contributed by atoms with E-state index in [0.717, 1.165) is 0 Å². The van der Waals surface area contributed by atoms with E-state index in [-0.39, 0.29) is 5.57 Å². The number of esters is 1. The number of aliphatic carboxylic acids is 1. The third-order valence-corrected chi connectivity index (χ3v) is 4.27. The van der Waals surface area contributed by atoms with Crippen molar-refractivity contribution in [3.8, 4) is 11.5 Å². The molecule has 1 heterocycles. The van der Waals surface area contributed by atoms with E-state index in [9.17, 15) is 14.7 Å². The molecule has 1 N–H and O–H groups in total. The van der Waals surface area contributed by atoms with Gasteiger partial charge in [0.2, 0.25) is 0 Å². The molecule has 1 aliphatic heterocycles. The van der Waals surface area contributed by atoms with Crippen molar-refractivity contribution in [3.05, 3.63) is 35.0 Å². The number of benzene rings is 1. The summed E-state index contributed by atoms with van der Waals surface area (Å²) in [6, 6.07) is 5.15. The summed E-state index contributed by atoms with van der Waals surface area (Å²) in [6.07, 6.45) is 0. The van der Waals surface area contributed by atoms with Crippen LogP contribution in [0.25, 0.3) is 0 Å². The van der Waals surface area contributed by atoms with Crippen LogP contribution in [0.1, 0.15) is 25.3 Å². The average Bonchev–Trinajstić information content (AvgIpc) is 2.59. The lowest BCUT2D eigenvalue weighted by atomic mass is 9.75. The van der Waals surface area contributed by atoms with Gasteiger partial charge in [0.1, 0.15) is 5.92 Å². The molecule has 2 atom stereocenters. The largest absolute Gasteiger partial charge is 0.493 e. The minimum atomic E-state index is -1.08. The number of ether oxygens (including phenoxy) is 3. The third kappa shape index (κ3) is 3.22. The first-order chi connectivity index (χ1) is 11.9. The first-order valence-electron chi connectivity index (χ1n) is 7.65. The SMILES string of the molecule is COC(=O)C1=C(C)N=C(C)C(C(=O)O)C1c1cccc(OC)c1OC. The lowest BCUT2D eigenvalue weighted by Gasteiger charge is -2.31. The van der Waals surface area contributed by atoms with Crippen LogP contribution in [0.2, 0.25) is 0 Å². The van der Waals surface area contributed by atoms with Crippen LogP contribution in [0.3, 0.4) is 0 Å². The number of aliphatic imine (C=N–C) groups is 1. The molecule has 7 nitrogen and oxygen atoms in total. The highest BCUT2D eigenvalue weighted by Gasteiger charge is 2.43. The summed E-state index contributed by atoms with van der Waals surface area (Å²) in [5, 5.41) is 9.76. The minimum absolute atomic E-state index is 0.201. The summed E-state index contributed by atoms with van der Waals surface area (Å²) in [5.74, 6) is -2.68. The fraction of sp³-hybridized carbons (Fsp3) is 0.389. The van der Waals surface area contributed by atoms with Crippen LogP contribution in [0.5, 0.6) is 11.5 Å². The van der Waals surface area contributed by atoms with Gasteiger partial charge in [0.25, 0.3) is 0 Å². The quantitative estimate of drug-likeness (QED) is 0.822. The second-order valence-corrected chi connectivity index (χ2v) is 5.62. The Hall–Kier alpha value is -2.83. The molecule has 0 fully saturated rings. The Morgan fingerprint density at radius 3 is 2.32 bits per heavy atom. The zero-order valence-electron chi connectivity index (χ0n) is 14.8. The first-order valence-corrected chi connectivity index (χ1v) is 7.65. The summed E-state index contributed by atoms with van der Waals surface area (Å²) in [7, 11) is 4.21. The van der Waals surface area contributed by atoms with E-state index in [1.807, 2.05) is 0 Å². The van der Waals surface area contributed by atoms with Crippen molar-refractivity contribution in [1.82, 2.24) is 0 Å². The van der Waals surface area contributed by atoms with E-state index < -0.39 is 23.8 Å². The Kier molecular flexibility index (Phi) is 5.46. The molecule has 0 aliphatic carbocycles. The number of rotatable bonds is 5. The van der Waals surface area contributed by atoms with Gasteiger partial charge in [-0.25, -0.2) is 4.79 Å². The summed E-state index contributed by atoms with van der Waals surface area (Å²) in [5.41, 5.74) is 1.57. The van der Waals surface area contributed by atoms with Gasteiger partial charge in [0.15, 0.2) is 11.5 Å². The molecule has 0 spiro atoms. The number of carbonyl (C=O) groups is 2. The molecule has 0 aromatic heterocycles. The van der Waals surface area contributed by atoms with Crippen LogP contribution < -0.4 is 9.47 Å². The van der Waals surface area contributed by atoms with Crippen LogP contribution >= 0.6 is 0 Å². The van der Waals surface area contributed by atoms with Gasteiger partial charge in [0.05, 0.1) is 26.9 Å². The van der Waals surface area contributed by atoms with Crippen molar-refractivity contribution < 1.29 is 28.9 Å². The zero-order valence-corrected chi connectivity index (χ0v) is 14.8. The van der Waals surface area contributed by atoms with E-state index in [1.54, 1.807) is 32.0 Å². The monoisotopic (exact) mass is 347 g/mol. The highest BCUT2D eigenvalue weighted by molar-refractivity contribution is 6.06. The van der Waals surface area contributed by atoms with E-state index >= 15 is 0 Å². The van der Waals surface area contributed by atoms with E-state index in [0.29, 0.717) is 28.5 Å². The number of para-hydroxylation sites is 1. The Bertz CT molecular complexity index is 765. The maximum Gasteiger partial charge on any atom is 0.336 e. The van der Waals surface area contributed by atoms with E-state index in [4.69, 9.17) is 14.2 Å². The molecule has 0 amide bonds. The second-order valence-electron chi connectivity index (χ2n) is 5.62. The van der Waals surface area contributed by atoms with Gasteiger partial charge in [-0.2, -0.15) is 0 Å². The van der Waals surface area contributed by atoms with Crippen LogP contribution in [0.15, 0.2) is 34.5 Å². The van der Waals surface area contributed by atoms with Crippen molar-refractivity contribution >= 4 is 17.7 Å². The van der Waals surface area contributed by atoms with E-state index in [2.05, 4.69) is 4.99 Å². The number of allylic oxidation sites excluding steroid dienone is 1. The molecule has 2 unspecified atom stereocenters. The topological polar surface area (TPSA) is 94.4 Å². The Morgan fingerprint density at radius 2 is 1.80 bits per heavy atom. The van der Waals surface area contributed by atoms with E-state index in [1.165, 1.54) is 21.3 Å². The van der Waals surface area contributed by atoms with Crippen LogP contribution in [-0.2, 0) is 14.3 Å². The molecule has 0 bridgehead atoms. The number of hydrogen-bond donors (Lipinski definition) is 1. The molecule has 2 rings (SSSR count). The molecule has 25 heavy (non-hydrogen) atoms. The Morgan fingerprint density at radius 1 is 1.12 bits per heavy atom. The Labute approximate surface area is 145 Å². The molecule has 1 aromatic carbocycles. The van der Waals surface area contributed by atoms with Gasteiger partial charge in [-0.3, -0.25) is 9.79 Å². The molecule has 0 saturated heterocycles. The van der Waals surface area contributed by atoms with Crippen molar-refractivity contribution in [1.29, 1.82) is 0 Å². The lowest BCUT2D eigenvalue weighted by molar-refractivity contribution is -0.140. The molecular weight excluding hydrogens is 326 g/mol. The Balaban J connectivity index is 2.79. The number of hydrogen-bond acceptors (Lipinski definition) is 6. The summed E-state index contributed by atoms with van der Waals surface area (Å²) in [4.78, 5) is 28.6. The maximum atomic E-state index is 12.4. The second kappa shape index (κ2) is 7.38. The molecule has 1 aromatic rings. The lowest BCUT2D eigenvalue weighted by Crippen LogP contribution is -2.35. The average molecular weight is 347 g/mol. The predicted molar refractivity (Wildman–Crippen MR) is 91.2 cm³/mol. The van der Waals surface area contributed by atoms with Crippen LogP contribution in [0, 0.1) is 5.92 Å². The first kappa shape index (κ1) is 18.5. The standard InChI is InChI=1S/C18H21NO6/c1-9-13(17(20)21)15(14(10(2)19-9)18(22)25-5)11-7-6-8-12(23-3)16(11)24-4/h6-8,13,15H,1-5H3,(H,20,21). The molecule has 7 heteroatoms. The fourth-order valence-corrected chi connectivity index (χ4v) is 3.23. The fourth-order valence-electron chi connectivity index (χ4n) is 3.23. The number of carboxylic acid groups (broad SMARTS) is 1. The molecule has 134 valence electrons. The normalized spacial score (nSPS) is 20.0. The number of methoxy groups -OCH3 is 3.